The van der Waals surface area contributed by atoms with E-state index >= 15 is 0 Å². The van der Waals surface area contributed by atoms with E-state index in [1.807, 2.05) is 0 Å². The third kappa shape index (κ3) is 0.599. The van der Waals surface area contributed by atoms with E-state index in [-0.39, 0.29) is 0 Å². The van der Waals surface area contributed by atoms with Crippen molar-refractivity contribution in [1.82, 2.24) is 0 Å². The average molecular weight is 164 g/mol. The maximum atomic E-state index is 12.8. The lowest BCUT2D eigenvalue weighted by Crippen LogP contribution is -2.11. The molecule has 1 aliphatic heterocycles. The van der Waals surface area contributed by atoms with Gasteiger partial charge in [0.25, 0.3) is 0 Å². The van der Waals surface area contributed by atoms with Crippen LogP contribution in [0.2, 0.25) is 0 Å². The molecule has 1 fully saturated rings. The van der Waals surface area contributed by atoms with E-state index in [1.54, 1.807) is 0 Å². The maximum Gasteiger partial charge on any atom is 0.226 e. The molecule has 1 aliphatic carbocycles. The Labute approximate surface area is 59.8 Å². The van der Waals surface area contributed by atoms with Gasteiger partial charge in [-0.1, -0.05) is 11.8 Å². The topological polar surface area (TPSA) is 0 Å². The van der Waals surface area contributed by atoms with Crippen LogP contribution in [-0.4, -0.2) is 10.3 Å². The standard InChI is InChI=1S/C6H3F3S/c7-3-1-2-4(8)6(9)5(3)10-6/h1-2,5H. The summed E-state index contributed by atoms with van der Waals surface area (Å²) in [6.07, 6.45) is 1.81. The summed E-state index contributed by atoms with van der Waals surface area (Å²) in [6, 6.07) is 0. The summed E-state index contributed by atoms with van der Waals surface area (Å²) in [4.78, 5) is 0. The molecule has 0 N–H and O–H groups in total. The first kappa shape index (κ1) is 6.34. The summed E-state index contributed by atoms with van der Waals surface area (Å²) in [7, 11) is 0. The van der Waals surface area contributed by atoms with E-state index < -0.39 is 21.9 Å². The predicted molar refractivity (Wildman–Crippen MR) is 33.6 cm³/mol. The van der Waals surface area contributed by atoms with Crippen molar-refractivity contribution < 1.29 is 13.2 Å². The van der Waals surface area contributed by atoms with Gasteiger partial charge >= 0.3 is 0 Å². The molecule has 2 aliphatic rings. The molecule has 2 atom stereocenters. The second-order valence-corrected chi connectivity index (χ2v) is 3.51. The molecule has 0 aromatic carbocycles. The molecule has 0 spiro atoms. The van der Waals surface area contributed by atoms with Gasteiger partial charge < -0.3 is 0 Å². The number of fused-ring (bicyclic) bond motifs is 1. The minimum absolute atomic E-state index is 0.575. The molecule has 4 heteroatoms. The van der Waals surface area contributed by atoms with Crippen molar-refractivity contribution in [2.24, 2.45) is 0 Å². The Morgan fingerprint density at radius 1 is 1.40 bits per heavy atom. The molecule has 1 saturated heterocycles. The number of rotatable bonds is 0. The Bertz CT molecular complexity index is 245. The number of alkyl halides is 1. The minimum atomic E-state index is -2.06. The first-order valence-electron chi connectivity index (χ1n) is 2.74. The summed E-state index contributed by atoms with van der Waals surface area (Å²) in [5, 5.41) is -2.96. The van der Waals surface area contributed by atoms with Crippen LogP contribution in [0.25, 0.3) is 0 Å². The number of allylic oxidation sites excluding steroid dienone is 2. The fraction of sp³-hybridized carbons (Fsp3) is 0.333. The molecule has 0 saturated carbocycles. The number of hydrogen-bond acceptors (Lipinski definition) is 1. The molecule has 0 bridgehead atoms. The molecule has 54 valence electrons. The van der Waals surface area contributed by atoms with Crippen LogP contribution < -0.4 is 0 Å². The fourth-order valence-electron chi connectivity index (χ4n) is 0.906. The molecule has 0 aromatic heterocycles. The number of thioether (sulfide) groups is 1. The SMILES string of the molecule is FC1=CC=C(F)C2(F)SC12. The third-order valence-corrected chi connectivity index (χ3v) is 2.84. The molecule has 0 nitrogen and oxygen atoms in total. The minimum Gasteiger partial charge on any atom is -0.222 e. The van der Waals surface area contributed by atoms with E-state index in [0.29, 0.717) is 11.8 Å². The van der Waals surface area contributed by atoms with Crippen LogP contribution in [0.1, 0.15) is 0 Å². The second-order valence-electron chi connectivity index (χ2n) is 2.21. The second kappa shape index (κ2) is 1.61. The highest BCUT2D eigenvalue weighted by Crippen LogP contribution is 2.64. The van der Waals surface area contributed by atoms with Crippen molar-refractivity contribution in [3.63, 3.8) is 0 Å². The first-order chi connectivity index (χ1) is 4.64. The van der Waals surface area contributed by atoms with Gasteiger partial charge in [-0.15, -0.1) is 0 Å². The van der Waals surface area contributed by atoms with Gasteiger partial charge in [0.15, 0.2) is 0 Å². The normalized spacial score (nSPS) is 43.7. The fourth-order valence-corrected chi connectivity index (χ4v) is 1.78. The smallest absolute Gasteiger partial charge is 0.222 e. The lowest BCUT2D eigenvalue weighted by Gasteiger charge is -2.03. The average Bonchev–Trinajstić information content (AvgIpc) is 2.56. The summed E-state index contributed by atoms with van der Waals surface area (Å²) >= 11 is 0.664. The zero-order valence-corrected chi connectivity index (χ0v) is 5.59. The Morgan fingerprint density at radius 2 is 2.10 bits per heavy atom. The predicted octanol–water partition coefficient (Wildman–Crippen LogP) is 2.49. The quantitative estimate of drug-likeness (QED) is 0.495. The van der Waals surface area contributed by atoms with Crippen LogP contribution in [0.5, 0.6) is 0 Å². The molecule has 0 amide bonds. The van der Waals surface area contributed by atoms with E-state index in [1.165, 1.54) is 0 Å². The number of halogens is 3. The van der Waals surface area contributed by atoms with Crippen LogP contribution >= 0.6 is 11.8 Å². The first-order valence-corrected chi connectivity index (χ1v) is 3.62. The lowest BCUT2D eigenvalue weighted by atomic mass is 10.1. The van der Waals surface area contributed by atoms with E-state index in [0.717, 1.165) is 12.2 Å². The van der Waals surface area contributed by atoms with Crippen LogP contribution in [-0.2, 0) is 0 Å². The zero-order valence-electron chi connectivity index (χ0n) is 4.77. The number of hydrogen-bond donors (Lipinski definition) is 0. The summed E-state index contributed by atoms with van der Waals surface area (Å²) in [6.45, 7) is 0. The van der Waals surface area contributed by atoms with Gasteiger partial charge in [-0.05, 0) is 12.2 Å². The van der Waals surface area contributed by atoms with Crippen molar-refractivity contribution in [2.45, 2.75) is 10.3 Å². The highest BCUT2D eigenvalue weighted by molar-refractivity contribution is 8.09. The van der Waals surface area contributed by atoms with Crippen molar-refractivity contribution in [2.75, 3.05) is 0 Å². The van der Waals surface area contributed by atoms with Crippen LogP contribution in [0.15, 0.2) is 23.8 Å². The van der Waals surface area contributed by atoms with Crippen molar-refractivity contribution in [1.29, 1.82) is 0 Å². The highest BCUT2D eigenvalue weighted by atomic mass is 32.2. The van der Waals surface area contributed by atoms with Gasteiger partial charge in [0.2, 0.25) is 5.00 Å². The summed E-state index contributed by atoms with van der Waals surface area (Å²) < 4.78 is 37.7. The third-order valence-electron chi connectivity index (χ3n) is 1.53. The largest absolute Gasteiger partial charge is 0.226 e. The Kier molecular flexibility index (Phi) is 1.02. The van der Waals surface area contributed by atoms with E-state index in [2.05, 4.69) is 0 Å². The van der Waals surface area contributed by atoms with E-state index in [9.17, 15) is 13.2 Å². The Morgan fingerprint density at radius 3 is 2.70 bits per heavy atom. The van der Waals surface area contributed by atoms with Gasteiger partial charge in [-0.2, -0.15) is 0 Å². The van der Waals surface area contributed by atoms with Crippen LogP contribution in [0.3, 0.4) is 0 Å². The molecule has 2 rings (SSSR count). The van der Waals surface area contributed by atoms with Crippen LogP contribution in [0.4, 0.5) is 13.2 Å². The maximum absolute atomic E-state index is 12.8. The van der Waals surface area contributed by atoms with Gasteiger partial charge in [-0.25, -0.2) is 13.2 Å². The zero-order chi connectivity index (χ0) is 7.35. The molecular formula is C6H3F3S. The van der Waals surface area contributed by atoms with Gasteiger partial charge in [0, 0.05) is 0 Å². The highest BCUT2D eigenvalue weighted by Gasteiger charge is 2.64. The summed E-state index contributed by atoms with van der Waals surface area (Å²) in [5.74, 6) is -1.45. The van der Waals surface area contributed by atoms with Crippen molar-refractivity contribution in [3.8, 4) is 0 Å². The van der Waals surface area contributed by atoms with Gasteiger partial charge in [0.05, 0.1) is 0 Å². The van der Waals surface area contributed by atoms with Crippen molar-refractivity contribution >= 4 is 11.8 Å². The van der Waals surface area contributed by atoms with Gasteiger partial charge in [0.1, 0.15) is 16.9 Å². The molecule has 10 heavy (non-hydrogen) atoms. The monoisotopic (exact) mass is 164 g/mol. The Hall–Kier alpha value is -0.380. The molecule has 2 unspecified atom stereocenters. The molecule has 1 heterocycles. The van der Waals surface area contributed by atoms with Gasteiger partial charge in [-0.3, -0.25) is 0 Å². The van der Waals surface area contributed by atoms with Crippen LogP contribution in [0, 0.1) is 0 Å². The molecule has 0 radical (unpaired) electrons. The Balaban J connectivity index is 2.40. The molecular weight excluding hydrogens is 161 g/mol. The van der Waals surface area contributed by atoms with E-state index in [4.69, 9.17) is 0 Å². The lowest BCUT2D eigenvalue weighted by molar-refractivity contribution is 0.315. The summed E-state index contributed by atoms with van der Waals surface area (Å²) in [5.41, 5.74) is 0. The van der Waals surface area contributed by atoms with Crippen molar-refractivity contribution in [3.05, 3.63) is 23.8 Å². The molecule has 0 aromatic rings.